The van der Waals surface area contributed by atoms with Gasteiger partial charge in [0.2, 0.25) is 5.91 Å². The van der Waals surface area contributed by atoms with Crippen molar-refractivity contribution in [3.63, 3.8) is 0 Å². The van der Waals surface area contributed by atoms with Crippen LogP contribution in [0.15, 0.2) is 54.6 Å². The number of aliphatic hydroxyl groups is 1. The van der Waals surface area contributed by atoms with Gasteiger partial charge in [0.25, 0.3) is 0 Å². The van der Waals surface area contributed by atoms with Crippen LogP contribution in [0.25, 0.3) is 11.3 Å². The van der Waals surface area contributed by atoms with Gasteiger partial charge in [-0.3, -0.25) is 4.79 Å². The Hall–Kier alpha value is -3.99. The van der Waals surface area contributed by atoms with Crippen LogP contribution < -0.4 is 4.74 Å². The first kappa shape index (κ1) is 25.1. The van der Waals surface area contributed by atoms with Crippen LogP contribution in [0.3, 0.4) is 0 Å². The number of amides is 1. The fourth-order valence-electron chi connectivity index (χ4n) is 3.87. The van der Waals surface area contributed by atoms with Crippen molar-refractivity contribution in [2.75, 3.05) is 6.54 Å². The number of benzene rings is 2. The molecule has 0 aliphatic carbocycles. The molecule has 8 nitrogen and oxygen atoms in total. The summed E-state index contributed by atoms with van der Waals surface area (Å²) in [5.41, 5.74) is 0.899. The van der Waals surface area contributed by atoms with Gasteiger partial charge >= 0.3 is 12.1 Å². The van der Waals surface area contributed by atoms with Crippen molar-refractivity contribution in [1.29, 1.82) is 0 Å². The molecule has 4 rings (SSSR count). The summed E-state index contributed by atoms with van der Waals surface area (Å²) >= 11 is 0. The van der Waals surface area contributed by atoms with Crippen molar-refractivity contribution in [3.8, 4) is 22.8 Å². The standard InChI is InChI=1S/C25H22F3N3O5/c1-14-10-22(32)31(12-14)13-17-3-2-16(24(34)35)11-21(17)36-18-6-4-15(5-7-18)19-8-9-20(30-29-19)23(33)25(26,27)28/h2-9,11,14,23,33H,10,12-13H2,1H3,(H,34,35)/t14-,23?/m0/s1. The van der Waals surface area contributed by atoms with Crippen LogP contribution in [0.1, 0.15) is 41.1 Å². The highest BCUT2D eigenvalue weighted by Gasteiger charge is 2.40. The minimum absolute atomic E-state index is 0.0231. The predicted octanol–water partition coefficient (Wildman–Crippen LogP) is 4.60. The Morgan fingerprint density at radius 2 is 1.86 bits per heavy atom. The van der Waals surface area contributed by atoms with Gasteiger partial charge in [-0.2, -0.15) is 23.4 Å². The van der Waals surface area contributed by atoms with Crippen LogP contribution in [-0.4, -0.2) is 49.9 Å². The van der Waals surface area contributed by atoms with E-state index in [1.165, 1.54) is 18.2 Å². The summed E-state index contributed by atoms with van der Waals surface area (Å²) in [5, 5.41) is 25.9. The molecule has 188 valence electrons. The molecule has 0 saturated carbocycles. The number of aliphatic hydroxyl groups excluding tert-OH is 1. The van der Waals surface area contributed by atoms with Gasteiger partial charge < -0.3 is 19.8 Å². The van der Waals surface area contributed by atoms with Gasteiger partial charge in [-0.05, 0) is 54.4 Å². The number of rotatable bonds is 7. The van der Waals surface area contributed by atoms with E-state index in [4.69, 9.17) is 4.74 Å². The highest BCUT2D eigenvalue weighted by atomic mass is 19.4. The van der Waals surface area contributed by atoms with Crippen LogP contribution in [0.4, 0.5) is 13.2 Å². The van der Waals surface area contributed by atoms with Crippen LogP contribution in [-0.2, 0) is 11.3 Å². The molecule has 0 bridgehead atoms. The third-order valence-corrected chi connectivity index (χ3v) is 5.74. The van der Waals surface area contributed by atoms with Crippen molar-refractivity contribution in [1.82, 2.24) is 15.1 Å². The Morgan fingerprint density at radius 3 is 2.42 bits per heavy atom. The molecule has 36 heavy (non-hydrogen) atoms. The van der Waals surface area contributed by atoms with E-state index in [1.807, 2.05) is 6.92 Å². The molecule has 1 aromatic heterocycles. The minimum Gasteiger partial charge on any atom is -0.478 e. The van der Waals surface area contributed by atoms with Crippen molar-refractivity contribution in [2.45, 2.75) is 32.2 Å². The average molecular weight is 501 g/mol. The lowest BCUT2D eigenvalue weighted by Gasteiger charge is -2.19. The Kier molecular flexibility index (Phi) is 6.93. The Bertz CT molecular complexity index is 1260. The first-order valence-electron chi connectivity index (χ1n) is 11.0. The van der Waals surface area contributed by atoms with E-state index in [-0.39, 0.29) is 29.6 Å². The summed E-state index contributed by atoms with van der Waals surface area (Å²) in [6.45, 7) is 2.87. The third-order valence-electron chi connectivity index (χ3n) is 5.74. The molecule has 1 amide bonds. The summed E-state index contributed by atoms with van der Waals surface area (Å²) in [4.78, 5) is 25.4. The first-order chi connectivity index (χ1) is 17.0. The largest absolute Gasteiger partial charge is 0.478 e. The number of nitrogens with zero attached hydrogens (tertiary/aromatic N) is 3. The zero-order chi connectivity index (χ0) is 26.0. The second-order valence-corrected chi connectivity index (χ2v) is 8.63. The van der Waals surface area contributed by atoms with E-state index in [0.717, 1.165) is 6.07 Å². The van der Waals surface area contributed by atoms with Crippen molar-refractivity contribution < 1.29 is 37.7 Å². The number of carbonyl (C=O) groups excluding carboxylic acids is 1. The number of carboxylic acids is 1. The molecule has 3 aromatic rings. The van der Waals surface area contributed by atoms with Gasteiger partial charge in [0.1, 0.15) is 17.2 Å². The number of ether oxygens (including phenoxy) is 1. The predicted molar refractivity (Wildman–Crippen MR) is 121 cm³/mol. The summed E-state index contributed by atoms with van der Waals surface area (Å²) in [6.07, 6.45) is -7.10. The quantitative estimate of drug-likeness (QED) is 0.487. The van der Waals surface area contributed by atoms with Gasteiger partial charge in [0, 0.05) is 30.6 Å². The highest BCUT2D eigenvalue weighted by molar-refractivity contribution is 5.88. The maximum atomic E-state index is 12.6. The Morgan fingerprint density at radius 1 is 1.14 bits per heavy atom. The Balaban J connectivity index is 1.53. The van der Waals surface area contributed by atoms with Gasteiger partial charge in [-0.15, -0.1) is 0 Å². The van der Waals surface area contributed by atoms with E-state index >= 15 is 0 Å². The number of carbonyl (C=O) groups is 2. The molecule has 2 heterocycles. The SMILES string of the molecule is C[C@H]1CC(=O)N(Cc2ccc(C(=O)O)cc2Oc2ccc(-c3ccc(C(O)C(F)(F)F)nn3)cc2)C1. The maximum absolute atomic E-state index is 12.6. The molecule has 1 fully saturated rings. The second kappa shape index (κ2) is 9.94. The van der Waals surface area contributed by atoms with Crippen LogP contribution in [0, 0.1) is 5.92 Å². The normalized spacial score (nSPS) is 16.8. The van der Waals surface area contributed by atoms with Gasteiger partial charge in [-0.25, -0.2) is 4.79 Å². The lowest BCUT2D eigenvalue weighted by Crippen LogP contribution is -2.24. The molecule has 2 N–H and O–H groups in total. The molecule has 1 unspecified atom stereocenters. The van der Waals surface area contributed by atoms with E-state index in [9.17, 15) is 33.0 Å². The summed E-state index contributed by atoms with van der Waals surface area (Å²) < 4.78 is 43.9. The number of aromatic carboxylic acids is 1. The van der Waals surface area contributed by atoms with E-state index in [2.05, 4.69) is 10.2 Å². The zero-order valence-electron chi connectivity index (χ0n) is 19.1. The van der Waals surface area contributed by atoms with Crippen molar-refractivity contribution in [2.24, 2.45) is 5.92 Å². The lowest BCUT2D eigenvalue weighted by molar-refractivity contribution is -0.208. The van der Waals surface area contributed by atoms with Gasteiger partial charge in [0.15, 0.2) is 6.10 Å². The van der Waals surface area contributed by atoms with Crippen LogP contribution in [0.5, 0.6) is 11.5 Å². The molecular weight excluding hydrogens is 479 g/mol. The monoisotopic (exact) mass is 501 g/mol. The van der Waals surface area contributed by atoms with Gasteiger partial charge in [-0.1, -0.05) is 13.0 Å². The molecule has 1 aliphatic heterocycles. The van der Waals surface area contributed by atoms with E-state index < -0.39 is 23.9 Å². The molecular formula is C25H22F3N3O5. The number of hydrogen-bond donors (Lipinski definition) is 2. The third kappa shape index (κ3) is 5.62. The molecule has 2 atom stereocenters. The second-order valence-electron chi connectivity index (χ2n) is 8.63. The summed E-state index contributed by atoms with van der Waals surface area (Å²) in [5.74, 6) is -0.192. The smallest absolute Gasteiger partial charge is 0.420 e. The lowest BCUT2D eigenvalue weighted by atomic mass is 10.1. The fourth-order valence-corrected chi connectivity index (χ4v) is 3.87. The molecule has 11 heteroatoms. The van der Waals surface area contributed by atoms with Crippen molar-refractivity contribution in [3.05, 3.63) is 71.4 Å². The van der Waals surface area contributed by atoms with E-state index in [0.29, 0.717) is 35.6 Å². The topological polar surface area (TPSA) is 113 Å². The molecule has 0 radical (unpaired) electrons. The number of likely N-dealkylation sites (tertiary alicyclic amines) is 1. The number of hydrogen-bond acceptors (Lipinski definition) is 6. The highest BCUT2D eigenvalue weighted by Crippen LogP contribution is 2.33. The number of aromatic nitrogens is 2. The molecule has 1 saturated heterocycles. The molecule has 2 aromatic carbocycles. The average Bonchev–Trinajstić information content (AvgIpc) is 3.16. The Labute approximate surface area is 204 Å². The zero-order valence-corrected chi connectivity index (χ0v) is 19.1. The van der Waals surface area contributed by atoms with Crippen LogP contribution >= 0.6 is 0 Å². The fraction of sp³-hybridized carbons (Fsp3) is 0.280. The number of halogens is 3. The summed E-state index contributed by atoms with van der Waals surface area (Å²) in [6, 6.07) is 13.3. The van der Waals surface area contributed by atoms with Crippen molar-refractivity contribution >= 4 is 11.9 Å². The van der Waals surface area contributed by atoms with Crippen LogP contribution in [0.2, 0.25) is 0 Å². The van der Waals surface area contributed by atoms with E-state index in [1.54, 1.807) is 35.2 Å². The number of alkyl halides is 3. The van der Waals surface area contributed by atoms with Gasteiger partial charge in [0.05, 0.1) is 11.3 Å². The maximum Gasteiger partial charge on any atom is 0.420 e. The minimum atomic E-state index is -4.84. The number of carboxylic acid groups (broad SMARTS) is 1. The molecule has 1 aliphatic rings. The summed E-state index contributed by atoms with van der Waals surface area (Å²) in [7, 11) is 0. The first-order valence-corrected chi connectivity index (χ1v) is 11.0. The molecule has 0 spiro atoms.